The molecule has 0 spiro atoms. The van der Waals surface area contributed by atoms with Crippen molar-refractivity contribution in [2.45, 2.75) is 32.7 Å². The topological polar surface area (TPSA) is 75.7 Å². The predicted octanol–water partition coefficient (Wildman–Crippen LogP) is 1.77. The minimum Gasteiger partial charge on any atom is -0.497 e. The second-order valence-electron chi connectivity index (χ2n) is 5.75. The molecule has 1 aromatic carbocycles. The number of rotatable bonds is 7. The largest absolute Gasteiger partial charge is 0.497 e. The molecule has 0 unspecified atom stereocenters. The first-order chi connectivity index (χ1) is 10.1. The van der Waals surface area contributed by atoms with E-state index in [9.17, 15) is 13.2 Å². The van der Waals surface area contributed by atoms with Gasteiger partial charge in [0.25, 0.3) is 0 Å². The van der Waals surface area contributed by atoms with Crippen LogP contribution in [0, 0.1) is 0 Å². The molecule has 0 aliphatic carbocycles. The molecule has 0 aromatic heterocycles. The summed E-state index contributed by atoms with van der Waals surface area (Å²) in [5.41, 5.74) is 0.0490. The van der Waals surface area contributed by atoms with Crippen LogP contribution in [-0.4, -0.2) is 39.8 Å². The van der Waals surface area contributed by atoms with Gasteiger partial charge in [0.15, 0.2) is 0 Å². The third kappa shape index (κ3) is 5.22. The van der Waals surface area contributed by atoms with Gasteiger partial charge in [0.2, 0.25) is 15.9 Å². The molecule has 0 fully saturated rings. The molecule has 7 heteroatoms. The molecule has 6 nitrogen and oxygen atoms in total. The predicted molar refractivity (Wildman–Crippen MR) is 87.7 cm³/mol. The average Bonchev–Trinajstić information content (AvgIpc) is 2.43. The number of methoxy groups -OCH3 is 1. The van der Waals surface area contributed by atoms with Crippen molar-refractivity contribution in [1.29, 1.82) is 0 Å². The first-order valence-corrected chi connectivity index (χ1v) is 8.86. The third-order valence-corrected chi connectivity index (χ3v) is 4.55. The number of sulfonamides is 1. The molecule has 1 aromatic rings. The highest BCUT2D eigenvalue weighted by atomic mass is 32.2. The summed E-state index contributed by atoms with van der Waals surface area (Å²) >= 11 is 0. The van der Waals surface area contributed by atoms with Crippen LogP contribution in [0.5, 0.6) is 5.75 Å². The van der Waals surface area contributed by atoms with Crippen molar-refractivity contribution in [3.8, 4) is 5.75 Å². The van der Waals surface area contributed by atoms with Gasteiger partial charge in [-0.05, 0) is 44.5 Å². The molecule has 0 aliphatic rings. The number of nitrogens with zero attached hydrogens (tertiary/aromatic N) is 1. The molecule has 1 amide bonds. The van der Waals surface area contributed by atoms with Gasteiger partial charge in [-0.15, -0.1) is 0 Å². The summed E-state index contributed by atoms with van der Waals surface area (Å²) in [7, 11) is -2.03. The van der Waals surface area contributed by atoms with Crippen LogP contribution in [0.1, 0.15) is 27.2 Å². The van der Waals surface area contributed by atoms with E-state index in [0.717, 1.165) is 17.0 Å². The summed E-state index contributed by atoms with van der Waals surface area (Å²) in [6.45, 7) is 5.48. The normalized spacial score (nSPS) is 11.9. The van der Waals surface area contributed by atoms with Crippen LogP contribution in [0.3, 0.4) is 0 Å². The summed E-state index contributed by atoms with van der Waals surface area (Å²) in [5, 5.41) is 2.83. The Balaban J connectivity index is 2.97. The van der Waals surface area contributed by atoms with Crippen LogP contribution in [0.15, 0.2) is 24.3 Å². The van der Waals surface area contributed by atoms with E-state index < -0.39 is 10.0 Å². The molecule has 0 radical (unpaired) electrons. The highest BCUT2D eigenvalue weighted by molar-refractivity contribution is 7.92. The van der Waals surface area contributed by atoms with Crippen molar-refractivity contribution in [2.75, 3.05) is 24.2 Å². The fraction of sp³-hybridized carbons (Fsp3) is 0.533. The van der Waals surface area contributed by atoms with Gasteiger partial charge in [-0.3, -0.25) is 9.10 Å². The lowest BCUT2D eigenvalue weighted by Gasteiger charge is -2.27. The number of ether oxygens (including phenoxy) is 1. The van der Waals surface area contributed by atoms with E-state index in [0.29, 0.717) is 11.4 Å². The van der Waals surface area contributed by atoms with E-state index in [1.165, 1.54) is 7.11 Å². The maximum absolute atomic E-state index is 12.1. The van der Waals surface area contributed by atoms with Gasteiger partial charge in [-0.25, -0.2) is 8.42 Å². The Bertz CT molecular complexity index is 609. The smallest absolute Gasteiger partial charge is 0.241 e. The minimum absolute atomic E-state index is 0.255. The number of carbonyl (C=O) groups excluding carboxylic acids is 1. The summed E-state index contributed by atoms with van der Waals surface area (Å²) in [6.07, 6.45) is 1.83. The van der Waals surface area contributed by atoms with Gasteiger partial charge in [-0.1, -0.05) is 6.92 Å². The van der Waals surface area contributed by atoms with Crippen LogP contribution in [-0.2, 0) is 14.8 Å². The molecular formula is C15H24N2O4S. The second kappa shape index (κ2) is 7.00. The Morgan fingerprint density at radius 3 is 2.23 bits per heavy atom. The number of benzene rings is 1. The fourth-order valence-electron chi connectivity index (χ4n) is 1.78. The molecule has 124 valence electrons. The zero-order valence-electron chi connectivity index (χ0n) is 13.7. The van der Waals surface area contributed by atoms with Crippen LogP contribution in [0.4, 0.5) is 5.69 Å². The molecule has 0 saturated carbocycles. The number of amides is 1. The molecule has 0 bridgehead atoms. The van der Waals surface area contributed by atoms with Gasteiger partial charge < -0.3 is 10.1 Å². The SMILES string of the molecule is CCC(C)(C)NC(=O)CN(c1ccc(OC)cc1)S(C)(=O)=O. The van der Waals surface area contributed by atoms with Gasteiger partial charge in [0.1, 0.15) is 12.3 Å². The number of nitrogens with one attached hydrogen (secondary N) is 1. The van der Waals surface area contributed by atoms with Crippen LogP contribution in [0.2, 0.25) is 0 Å². The standard InChI is InChI=1S/C15H24N2O4S/c1-6-15(2,3)16-14(18)11-17(22(5,19)20)12-7-9-13(21-4)10-8-12/h7-10H,6,11H2,1-5H3,(H,16,18). The lowest BCUT2D eigenvalue weighted by Crippen LogP contribution is -2.48. The van der Waals surface area contributed by atoms with E-state index in [4.69, 9.17) is 4.74 Å². The van der Waals surface area contributed by atoms with E-state index >= 15 is 0 Å². The summed E-state index contributed by atoms with van der Waals surface area (Å²) < 4.78 is 30.1. The Kier molecular flexibility index (Phi) is 5.82. The maximum Gasteiger partial charge on any atom is 0.241 e. The zero-order valence-corrected chi connectivity index (χ0v) is 14.5. The summed E-state index contributed by atoms with van der Waals surface area (Å²) in [5.74, 6) is 0.280. The zero-order chi connectivity index (χ0) is 17.0. The summed E-state index contributed by atoms with van der Waals surface area (Å²) in [6, 6.07) is 6.53. The van der Waals surface area contributed by atoms with Crippen LogP contribution >= 0.6 is 0 Å². The van der Waals surface area contributed by atoms with E-state index in [2.05, 4.69) is 5.32 Å². The van der Waals surface area contributed by atoms with E-state index in [1.54, 1.807) is 24.3 Å². The number of hydrogen-bond acceptors (Lipinski definition) is 4. The lowest BCUT2D eigenvalue weighted by molar-refractivity contribution is -0.121. The van der Waals surface area contributed by atoms with Crippen molar-refractivity contribution in [2.24, 2.45) is 0 Å². The Morgan fingerprint density at radius 2 is 1.82 bits per heavy atom. The second-order valence-corrected chi connectivity index (χ2v) is 7.66. The number of anilines is 1. The van der Waals surface area contributed by atoms with Crippen molar-refractivity contribution in [3.63, 3.8) is 0 Å². The van der Waals surface area contributed by atoms with Gasteiger partial charge in [-0.2, -0.15) is 0 Å². The molecule has 0 heterocycles. The van der Waals surface area contributed by atoms with E-state index in [-0.39, 0.29) is 18.0 Å². The highest BCUT2D eigenvalue weighted by Gasteiger charge is 2.24. The van der Waals surface area contributed by atoms with Crippen molar-refractivity contribution >= 4 is 21.6 Å². The van der Waals surface area contributed by atoms with Crippen molar-refractivity contribution < 1.29 is 17.9 Å². The Morgan fingerprint density at radius 1 is 1.27 bits per heavy atom. The third-order valence-electron chi connectivity index (χ3n) is 3.41. The lowest BCUT2D eigenvalue weighted by atomic mass is 10.0. The average molecular weight is 328 g/mol. The van der Waals surface area contributed by atoms with Gasteiger partial charge >= 0.3 is 0 Å². The Labute approximate surface area is 132 Å². The fourth-order valence-corrected chi connectivity index (χ4v) is 2.64. The van der Waals surface area contributed by atoms with Gasteiger partial charge in [0.05, 0.1) is 19.1 Å². The van der Waals surface area contributed by atoms with Crippen LogP contribution < -0.4 is 14.4 Å². The summed E-state index contributed by atoms with van der Waals surface area (Å²) in [4.78, 5) is 12.1. The molecule has 0 aliphatic heterocycles. The van der Waals surface area contributed by atoms with Crippen LogP contribution in [0.25, 0.3) is 0 Å². The minimum atomic E-state index is -3.56. The molecule has 1 rings (SSSR count). The number of hydrogen-bond donors (Lipinski definition) is 1. The quantitative estimate of drug-likeness (QED) is 0.827. The van der Waals surface area contributed by atoms with E-state index in [1.807, 2.05) is 20.8 Å². The molecule has 0 atom stereocenters. The monoisotopic (exact) mass is 328 g/mol. The van der Waals surface area contributed by atoms with Gasteiger partial charge in [0, 0.05) is 5.54 Å². The molecule has 1 N–H and O–H groups in total. The Hall–Kier alpha value is -1.76. The number of carbonyl (C=O) groups is 1. The van der Waals surface area contributed by atoms with Crippen molar-refractivity contribution in [1.82, 2.24) is 5.32 Å². The maximum atomic E-state index is 12.1. The first kappa shape index (κ1) is 18.3. The first-order valence-electron chi connectivity index (χ1n) is 7.02. The molecular weight excluding hydrogens is 304 g/mol. The van der Waals surface area contributed by atoms with Crippen molar-refractivity contribution in [3.05, 3.63) is 24.3 Å². The molecule has 0 saturated heterocycles. The highest BCUT2D eigenvalue weighted by Crippen LogP contribution is 2.21. The molecule has 22 heavy (non-hydrogen) atoms.